The van der Waals surface area contributed by atoms with Crippen molar-refractivity contribution in [3.05, 3.63) is 34.6 Å². The van der Waals surface area contributed by atoms with Gasteiger partial charge in [-0.3, -0.25) is 19.0 Å². The summed E-state index contributed by atoms with van der Waals surface area (Å²) in [7, 11) is 1.29. The Morgan fingerprint density at radius 2 is 2.09 bits per heavy atom. The van der Waals surface area contributed by atoms with E-state index in [1.54, 1.807) is 31.2 Å². The molecule has 0 saturated heterocycles. The van der Waals surface area contributed by atoms with E-state index >= 15 is 0 Å². The van der Waals surface area contributed by atoms with E-state index < -0.39 is 17.1 Å². The molecular weight excluding hydrogens is 318 g/mol. The molecule has 0 aliphatic carbocycles. The van der Waals surface area contributed by atoms with Crippen LogP contribution in [0.3, 0.4) is 0 Å². The SMILES string of the molecule is COC(=O)CCn1c(S[C@@H](C)C(N)=O)nc2ccccc2c1=O. The van der Waals surface area contributed by atoms with Gasteiger partial charge in [-0.1, -0.05) is 23.9 Å². The van der Waals surface area contributed by atoms with Gasteiger partial charge < -0.3 is 10.5 Å². The fourth-order valence-electron chi connectivity index (χ4n) is 1.96. The third-order valence-corrected chi connectivity index (χ3v) is 4.39. The maximum absolute atomic E-state index is 12.6. The number of thioether (sulfide) groups is 1. The van der Waals surface area contributed by atoms with Gasteiger partial charge in [-0.25, -0.2) is 4.98 Å². The van der Waals surface area contributed by atoms with Crippen LogP contribution in [-0.2, 0) is 20.9 Å². The molecule has 7 nitrogen and oxygen atoms in total. The number of aromatic nitrogens is 2. The zero-order valence-corrected chi connectivity index (χ0v) is 13.6. The van der Waals surface area contributed by atoms with Crippen molar-refractivity contribution < 1.29 is 14.3 Å². The van der Waals surface area contributed by atoms with Gasteiger partial charge in [0.2, 0.25) is 5.91 Å². The lowest BCUT2D eigenvalue weighted by Crippen LogP contribution is -2.28. The zero-order chi connectivity index (χ0) is 17.0. The predicted molar refractivity (Wildman–Crippen MR) is 87.1 cm³/mol. The molecule has 23 heavy (non-hydrogen) atoms. The summed E-state index contributed by atoms with van der Waals surface area (Å²) in [5, 5.41) is 0.254. The van der Waals surface area contributed by atoms with E-state index in [-0.39, 0.29) is 18.5 Å². The number of fused-ring (bicyclic) bond motifs is 1. The van der Waals surface area contributed by atoms with Gasteiger partial charge in [0, 0.05) is 6.54 Å². The molecule has 1 heterocycles. The fourth-order valence-corrected chi connectivity index (χ4v) is 2.84. The van der Waals surface area contributed by atoms with Crippen LogP contribution < -0.4 is 11.3 Å². The highest BCUT2D eigenvalue weighted by molar-refractivity contribution is 8.00. The van der Waals surface area contributed by atoms with E-state index in [4.69, 9.17) is 5.73 Å². The van der Waals surface area contributed by atoms with Gasteiger partial charge in [0.15, 0.2) is 5.16 Å². The maximum Gasteiger partial charge on any atom is 0.307 e. The second-order valence-corrected chi connectivity index (χ2v) is 6.16. The first-order valence-corrected chi connectivity index (χ1v) is 7.84. The molecular formula is C15H17N3O4S. The first-order chi connectivity index (χ1) is 10.9. The van der Waals surface area contributed by atoms with Gasteiger partial charge in [0.05, 0.1) is 29.7 Å². The second kappa shape index (κ2) is 7.28. The number of nitrogens with two attached hydrogens (primary N) is 1. The molecule has 1 aromatic heterocycles. The van der Waals surface area contributed by atoms with Crippen LogP contribution in [0.25, 0.3) is 10.9 Å². The van der Waals surface area contributed by atoms with E-state index in [9.17, 15) is 14.4 Å². The van der Waals surface area contributed by atoms with Crippen LogP contribution >= 0.6 is 11.8 Å². The van der Waals surface area contributed by atoms with E-state index in [2.05, 4.69) is 9.72 Å². The Morgan fingerprint density at radius 3 is 2.74 bits per heavy atom. The monoisotopic (exact) mass is 335 g/mol. The van der Waals surface area contributed by atoms with Crippen molar-refractivity contribution in [2.75, 3.05) is 7.11 Å². The largest absolute Gasteiger partial charge is 0.469 e. The minimum atomic E-state index is -0.549. The number of hydrogen-bond acceptors (Lipinski definition) is 6. The number of nitrogens with zero attached hydrogens (tertiary/aromatic N) is 2. The Labute approximate surface area is 136 Å². The summed E-state index contributed by atoms with van der Waals surface area (Å²) < 4.78 is 5.98. The topological polar surface area (TPSA) is 104 Å². The average Bonchev–Trinajstić information content (AvgIpc) is 2.54. The van der Waals surface area contributed by atoms with Crippen molar-refractivity contribution in [3.8, 4) is 0 Å². The molecule has 2 N–H and O–H groups in total. The molecule has 1 atom stereocenters. The van der Waals surface area contributed by atoms with Crippen molar-refractivity contribution in [1.82, 2.24) is 9.55 Å². The minimum Gasteiger partial charge on any atom is -0.469 e. The average molecular weight is 335 g/mol. The number of ether oxygens (including phenoxy) is 1. The van der Waals surface area contributed by atoms with Crippen LogP contribution in [0.4, 0.5) is 0 Å². The lowest BCUT2D eigenvalue weighted by Gasteiger charge is -2.14. The third kappa shape index (κ3) is 3.89. The lowest BCUT2D eigenvalue weighted by molar-refractivity contribution is -0.140. The predicted octanol–water partition coefficient (Wildman–Crippen LogP) is 0.925. The molecule has 2 aromatic rings. The van der Waals surface area contributed by atoms with Crippen LogP contribution in [0, 0.1) is 0 Å². The number of hydrogen-bond donors (Lipinski definition) is 1. The van der Waals surface area contributed by atoms with E-state index in [0.717, 1.165) is 11.8 Å². The Morgan fingerprint density at radius 1 is 1.39 bits per heavy atom. The highest BCUT2D eigenvalue weighted by Crippen LogP contribution is 2.22. The van der Waals surface area contributed by atoms with E-state index in [1.165, 1.54) is 11.7 Å². The van der Waals surface area contributed by atoms with Crippen molar-refractivity contribution >= 4 is 34.5 Å². The summed E-state index contributed by atoms with van der Waals surface area (Å²) in [5.74, 6) is -0.930. The highest BCUT2D eigenvalue weighted by atomic mass is 32.2. The molecule has 0 radical (unpaired) electrons. The number of primary amides is 1. The molecule has 0 spiro atoms. The van der Waals surface area contributed by atoms with E-state index in [0.29, 0.717) is 16.1 Å². The van der Waals surface area contributed by atoms with E-state index in [1.807, 2.05) is 0 Å². The zero-order valence-electron chi connectivity index (χ0n) is 12.8. The normalized spacial score (nSPS) is 12.1. The molecule has 0 fully saturated rings. The number of benzene rings is 1. The van der Waals surface area contributed by atoms with Crippen molar-refractivity contribution in [1.29, 1.82) is 0 Å². The number of para-hydroxylation sites is 1. The number of amides is 1. The van der Waals surface area contributed by atoms with Gasteiger partial charge in [0.25, 0.3) is 5.56 Å². The number of esters is 1. The van der Waals surface area contributed by atoms with Crippen molar-refractivity contribution in [2.24, 2.45) is 5.73 Å². The number of carbonyl (C=O) groups excluding carboxylic acids is 2. The van der Waals surface area contributed by atoms with Crippen LogP contribution in [0.15, 0.2) is 34.2 Å². The van der Waals surface area contributed by atoms with Crippen LogP contribution in [0.5, 0.6) is 0 Å². The third-order valence-electron chi connectivity index (χ3n) is 3.28. The lowest BCUT2D eigenvalue weighted by atomic mass is 10.2. The molecule has 2 rings (SSSR count). The summed E-state index contributed by atoms with van der Waals surface area (Å²) in [6.45, 7) is 1.76. The molecule has 122 valence electrons. The first-order valence-electron chi connectivity index (χ1n) is 6.96. The summed E-state index contributed by atoms with van der Waals surface area (Å²) in [6, 6.07) is 6.92. The molecule has 0 aliphatic rings. The summed E-state index contributed by atoms with van der Waals surface area (Å²) in [6.07, 6.45) is 0.0366. The molecule has 8 heteroatoms. The molecule has 0 bridgehead atoms. The standard InChI is InChI=1S/C15H17N3O4S/c1-9(13(16)20)23-15-17-11-6-4-3-5-10(11)14(21)18(15)8-7-12(19)22-2/h3-6,9H,7-8H2,1-2H3,(H2,16,20)/t9-/m0/s1. The Balaban J connectivity index is 2.50. The summed E-state index contributed by atoms with van der Waals surface area (Å²) in [5.41, 5.74) is 5.55. The minimum absolute atomic E-state index is 0.0366. The molecule has 1 amide bonds. The summed E-state index contributed by atoms with van der Waals surface area (Å²) >= 11 is 1.09. The molecule has 0 unspecified atom stereocenters. The molecule has 1 aromatic carbocycles. The van der Waals surface area contributed by atoms with Gasteiger partial charge in [0.1, 0.15) is 0 Å². The quantitative estimate of drug-likeness (QED) is 0.478. The highest BCUT2D eigenvalue weighted by Gasteiger charge is 2.18. The van der Waals surface area contributed by atoms with Crippen molar-refractivity contribution in [3.63, 3.8) is 0 Å². The smallest absolute Gasteiger partial charge is 0.307 e. The van der Waals surface area contributed by atoms with Crippen molar-refractivity contribution in [2.45, 2.75) is 30.3 Å². The number of methoxy groups -OCH3 is 1. The van der Waals surface area contributed by atoms with Crippen LogP contribution in [-0.4, -0.2) is 33.8 Å². The van der Waals surface area contributed by atoms with Gasteiger partial charge in [-0.2, -0.15) is 0 Å². The Bertz CT molecular complexity index is 803. The summed E-state index contributed by atoms with van der Waals surface area (Å²) in [4.78, 5) is 39.7. The fraction of sp³-hybridized carbons (Fsp3) is 0.333. The van der Waals surface area contributed by atoms with Crippen LogP contribution in [0.1, 0.15) is 13.3 Å². The first kappa shape index (κ1) is 17.0. The molecule has 0 saturated carbocycles. The van der Waals surface area contributed by atoms with Gasteiger partial charge >= 0.3 is 5.97 Å². The number of carbonyl (C=O) groups is 2. The van der Waals surface area contributed by atoms with Gasteiger partial charge in [-0.05, 0) is 19.1 Å². The van der Waals surface area contributed by atoms with Gasteiger partial charge in [-0.15, -0.1) is 0 Å². The second-order valence-electron chi connectivity index (χ2n) is 4.86. The molecule has 0 aliphatic heterocycles. The Kier molecular flexibility index (Phi) is 5.38. The maximum atomic E-state index is 12.6. The van der Waals surface area contributed by atoms with Crippen LogP contribution in [0.2, 0.25) is 0 Å². The number of rotatable bonds is 6. The Hall–Kier alpha value is -2.35.